The van der Waals surface area contributed by atoms with Crippen molar-refractivity contribution in [2.24, 2.45) is 0 Å². The number of aliphatic hydroxyl groups is 1. The van der Waals surface area contributed by atoms with Crippen LogP contribution < -0.4 is 0 Å². The number of aromatic amines is 1. The summed E-state index contributed by atoms with van der Waals surface area (Å²) in [6.45, 7) is 3.61. The van der Waals surface area contributed by atoms with Gasteiger partial charge in [-0.2, -0.15) is 0 Å². The van der Waals surface area contributed by atoms with Crippen LogP contribution in [-0.2, 0) is 0 Å². The van der Waals surface area contributed by atoms with E-state index in [4.69, 9.17) is 0 Å². The van der Waals surface area contributed by atoms with Gasteiger partial charge < -0.3 is 5.11 Å². The van der Waals surface area contributed by atoms with Crippen molar-refractivity contribution >= 4 is 11.8 Å². The molecule has 0 saturated carbocycles. The summed E-state index contributed by atoms with van der Waals surface area (Å²) in [4.78, 5) is 5.20. The van der Waals surface area contributed by atoms with Crippen LogP contribution >= 0.6 is 11.8 Å². The molecule has 2 N–H and O–H groups in total. The van der Waals surface area contributed by atoms with Crippen molar-refractivity contribution < 1.29 is 5.11 Å². The van der Waals surface area contributed by atoms with Gasteiger partial charge in [-0.25, -0.2) is 4.98 Å². The molecule has 1 aromatic carbocycles. The van der Waals surface area contributed by atoms with Crippen LogP contribution in [0.1, 0.15) is 24.4 Å². The highest BCUT2D eigenvalue weighted by Gasteiger charge is 2.10. The fourth-order valence-corrected chi connectivity index (χ4v) is 2.36. The molecule has 0 aliphatic carbocycles. The number of rotatable bonds is 3. The van der Waals surface area contributed by atoms with Crippen LogP contribution in [0, 0.1) is 6.92 Å². The van der Waals surface area contributed by atoms with Gasteiger partial charge in [0.25, 0.3) is 0 Å². The highest BCUT2D eigenvalue weighted by Crippen LogP contribution is 2.30. The van der Waals surface area contributed by atoms with Crippen LogP contribution in [0.2, 0.25) is 0 Å². The zero-order valence-electron chi connectivity index (χ0n) is 9.14. The summed E-state index contributed by atoms with van der Waals surface area (Å²) >= 11 is 1.45. The molecule has 0 aliphatic heterocycles. The molecule has 1 atom stereocenters. The Morgan fingerprint density at radius 1 is 1.38 bits per heavy atom. The van der Waals surface area contributed by atoms with Gasteiger partial charge in [-0.3, -0.25) is 5.10 Å². The fourth-order valence-electron chi connectivity index (χ4n) is 1.38. The van der Waals surface area contributed by atoms with E-state index in [1.54, 1.807) is 6.92 Å². The molecule has 0 bridgehead atoms. The molecule has 0 radical (unpaired) electrons. The van der Waals surface area contributed by atoms with E-state index in [1.165, 1.54) is 11.8 Å². The fraction of sp³-hybridized carbons (Fsp3) is 0.273. The number of aromatic nitrogens is 3. The second kappa shape index (κ2) is 4.67. The van der Waals surface area contributed by atoms with E-state index in [2.05, 4.69) is 15.2 Å². The first-order valence-corrected chi connectivity index (χ1v) is 5.82. The minimum absolute atomic E-state index is 0.483. The van der Waals surface area contributed by atoms with Gasteiger partial charge in [-0.15, -0.1) is 5.10 Å². The van der Waals surface area contributed by atoms with Crippen molar-refractivity contribution in [3.05, 3.63) is 35.7 Å². The Morgan fingerprint density at radius 2 is 2.12 bits per heavy atom. The van der Waals surface area contributed by atoms with Gasteiger partial charge in [0.2, 0.25) is 5.16 Å². The minimum Gasteiger partial charge on any atom is -0.389 e. The molecule has 5 heteroatoms. The predicted octanol–water partition coefficient (Wildman–Crippen LogP) is 2.32. The van der Waals surface area contributed by atoms with Gasteiger partial charge in [0.05, 0.1) is 6.10 Å². The van der Waals surface area contributed by atoms with Crippen molar-refractivity contribution in [2.75, 3.05) is 0 Å². The lowest BCUT2D eigenvalue weighted by Crippen LogP contribution is -1.93. The standard InChI is InChI=1S/C11H13N3OS/c1-7(15)9-5-3-4-6-10(9)16-11-12-8(2)13-14-11/h3-7,15H,1-2H3,(H,12,13,14)/t7-/m1/s1. The Hall–Kier alpha value is -1.33. The zero-order chi connectivity index (χ0) is 11.5. The zero-order valence-corrected chi connectivity index (χ0v) is 9.95. The van der Waals surface area contributed by atoms with E-state index in [1.807, 2.05) is 31.2 Å². The van der Waals surface area contributed by atoms with Gasteiger partial charge in [0, 0.05) is 4.90 Å². The summed E-state index contributed by atoms with van der Waals surface area (Å²) in [5, 5.41) is 17.1. The topological polar surface area (TPSA) is 61.8 Å². The monoisotopic (exact) mass is 235 g/mol. The molecule has 0 unspecified atom stereocenters. The average molecular weight is 235 g/mol. The largest absolute Gasteiger partial charge is 0.389 e. The summed E-state index contributed by atoms with van der Waals surface area (Å²) in [5.74, 6) is 0.789. The normalized spacial score (nSPS) is 12.7. The smallest absolute Gasteiger partial charge is 0.213 e. The Kier molecular flexibility index (Phi) is 3.26. The molecule has 2 rings (SSSR count). The van der Waals surface area contributed by atoms with Gasteiger partial charge in [-0.1, -0.05) is 18.2 Å². The molecular weight excluding hydrogens is 222 g/mol. The lowest BCUT2D eigenvalue weighted by molar-refractivity contribution is 0.196. The molecule has 0 fully saturated rings. The maximum absolute atomic E-state index is 9.63. The van der Waals surface area contributed by atoms with Crippen molar-refractivity contribution in [3.8, 4) is 0 Å². The SMILES string of the molecule is Cc1nc(Sc2ccccc2[C@@H](C)O)n[nH]1. The number of benzene rings is 1. The molecule has 0 spiro atoms. The molecule has 1 aromatic heterocycles. The molecule has 0 saturated heterocycles. The van der Waals surface area contributed by atoms with E-state index in [-0.39, 0.29) is 0 Å². The molecule has 0 amide bonds. The molecule has 2 aromatic rings. The van der Waals surface area contributed by atoms with E-state index >= 15 is 0 Å². The number of hydrogen-bond acceptors (Lipinski definition) is 4. The van der Waals surface area contributed by atoms with E-state index < -0.39 is 6.10 Å². The Balaban J connectivity index is 2.27. The first-order chi connectivity index (χ1) is 7.66. The van der Waals surface area contributed by atoms with Gasteiger partial charge in [0.15, 0.2) is 0 Å². The molecule has 84 valence electrons. The van der Waals surface area contributed by atoms with Gasteiger partial charge in [0.1, 0.15) is 5.82 Å². The highest BCUT2D eigenvalue weighted by molar-refractivity contribution is 7.99. The van der Waals surface area contributed by atoms with E-state index in [0.29, 0.717) is 5.16 Å². The second-order valence-electron chi connectivity index (χ2n) is 3.52. The average Bonchev–Trinajstić information content (AvgIpc) is 2.64. The Labute approximate surface area is 98.1 Å². The van der Waals surface area contributed by atoms with Crippen molar-refractivity contribution in [3.63, 3.8) is 0 Å². The lowest BCUT2D eigenvalue weighted by atomic mass is 10.1. The first-order valence-electron chi connectivity index (χ1n) is 5.00. The maximum atomic E-state index is 9.63. The minimum atomic E-state index is -0.483. The Morgan fingerprint density at radius 3 is 2.75 bits per heavy atom. The number of nitrogens with one attached hydrogen (secondary N) is 1. The first kappa shape index (κ1) is 11.2. The molecule has 4 nitrogen and oxygen atoms in total. The van der Waals surface area contributed by atoms with Crippen LogP contribution in [0.15, 0.2) is 34.3 Å². The summed E-state index contributed by atoms with van der Waals surface area (Å²) in [7, 11) is 0. The van der Waals surface area contributed by atoms with Crippen molar-refractivity contribution in [2.45, 2.75) is 30.0 Å². The summed E-state index contributed by atoms with van der Waals surface area (Å²) in [6, 6.07) is 7.72. The van der Waals surface area contributed by atoms with Crippen molar-refractivity contribution in [1.29, 1.82) is 0 Å². The van der Waals surface area contributed by atoms with Crippen molar-refractivity contribution in [1.82, 2.24) is 15.2 Å². The van der Waals surface area contributed by atoms with Gasteiger partial charge in [-0.05, 0) is 37.2 Å². The van der Waals surface area contributed by atoms with Crippen LogP contribution in [0.5, 0.6) is 0 Å². The third-order valence-electron chi connectivity index (χ3n) is 2.15. The molecule has 1 heterocycles. The highest BCUT2D eigenvalue weighted by atomic mass is 32.2. The number of aryl methyl sites for hydroxylation is 1. The number of nitrogens with zero attached hydrogens (tertiary/aromatic N) is 2. The third-order valence-corrected chi connectivity index (χ3v) is 3.10. The van der Waals surface area contributed by atoms with Crippen LogP contribution in [0.3, 0.4) is 0 Å². The molecular formula is C11H13N3OS. The van der Waals surface area contributed by atoms with E-state index in [9.17, 15) is 5.11 Å². The van der Waals surface area contributed by atoms with Crippen LogP contribution in [-0.4, -0.2) is 20.3 Å². The van der Waals surface area contributed by atoms with Crippen LogP contribution in [0.25, 0.3) is 0 Å². The maximum Gasteiger partial charge on any atom is 0.213 e. The Bertz CT molecular complexity index is 482. The van der Waals surface area contributed by atoms with Crippen LogP contribution in [0.4, 0.5) is 0 Å². The van der Waals surface area contributed by atoms with E-state index in [0.717, 1.165) is 16.3 Å². The number of hydrogen-bond donors (Lipinski definition) is 2. The summed E-state index contributed by atoms with van der Waals surface area (Å²) in [5.41, 5.74) is 0.898. The predicted molar refractivity (Wildman–Crippen MR) is 62.3 cm³/mol. The molecule has 16 heavy (non-hydrogen) atoms. The summed E-state index contributed by atoms with van der Waals surface area (Å²) in [6.07, 6.45) is -0.483. The summed E-state index contributed by atoms with van der Waals surface area (Å²) < 4.78 is 0. The molecule has 0 aliphatic rings. The second-order valence-corrected chi connectivity index (χ2v) is 4.53. The van der Waals surface area contributed by atoms with Gasteiger partial charge >= 0.3 is 0 Å². The number of aliphatic hydroxyl groups excluding tert-OH is 1. The quantitative estimate of drug-likeness (QED) is 0.857. The number of H-pyrrole nitrogens is 1. The lowest BCUT2D eigenvalue weighted by Gasteiger charge is -2.09. The third kappa shape index (κ3) is 2.43.